The van der Waals surface area contributed by atoms with Gasteiger partial charge in [-0.25, -0.2) is 8.42 Å². The Balaban J connectivity index is 2.02. The van der Waals surface area contributed by atoms with Crippen molar-refractivity contribution in [2.24, 2.45) is 11.3 Å². The van der Waals surface area contributed by atoms with Crippen molar-refractivity contribution in [3.05, 3.63) is 0 Å². The lowest BCUT2D eigenvalue weighted by Crippen LogP contribution is -2.58. The van der Waals surface area contributed by atoms with Crippen LogP contribution >= 0.6 is 0 Å². The summed E-state index contributed by atoms with van der Waals surface area (Å²) in [5, 5.41) is 3.40. The van der Waals surface area contributed by atoms with Crippen molar-refractivity contribution in [1.29, 1.82) is 0 Å². The number of nitrogens with one attached hydrogen (secondary N) is 1. The molecular weight excluding hydrogens is 234 g/mol. The Morgan fingerprint density at radius 2 is 1.76 bits per heavy atom. The first kappa shape index (κ1) is 13.3. The van der Waals surface area contributed by atoms with E-state index < -0.39 is 14.6 Å². The average molecular weight is 259 g/mol. The summed E-state index contributed by atoms with van der Waals surface area (Å²) in [6.45, 7) is 7.28. The summed E-state index contributed by atoms with van der Waals surface area (Å²) in [4.78, 5) is 0. The molecule has 4 heteroatoms. The molecule has 0 saturated heterocycles. The SMILES string of the molecule is CC(C)(C)C1CC(CNC2CC2)(S(C)(=O)=O)C1. The van der Waals surface area contributed by atoms with Gasteiger partial charge < -0.3 is 5.32 Å². The minimum Gasteiger partial charge on any atom is -0.312 e. The molecular formula is C13H25NO2S. The average Bonchev–Trinajstić information content (AvgIpc) is 2.79. The van der Waals surface area contributed by atoms with Crippen LogP contribution in [0.2, 0.25) is 0 Å². The van der Waals surface area contributed by atoms with Gasteiger partial charge >= 0.3 is 0 Å². The van der Waals surface area contributed by atoms with Gasteiger partial charge in [-0.15, -0.1) is 0 Å². The molecule has 0 aromatic heterocycles. The molecule has 0 aliphatic heterocycles. The van der Waals surface area contributed by atoms with Gasteiger partial charge in [-0.1, -0.05) is 20.8 Å². The van der Waals surface area contributed by atoms with E-state index in [1.165, 1.54) is 19.1 Å². The molecule has 0 bridgehead atoms. The van der Waals surface area contributed by atoms with Gasteiger partial charge in [-0.3, -0.25) is 0 Å². The van der Waals surface area contributed by atoms with Crippen molar-refractivity contribution in [3.63, 3.8) is 0 Å². The van der Waals surface area contributed by atoms with E-state index in [1.54, 1.807) is 0 Å². The topological polar surface area (TPSA) is 46.2 Å². The molecule has 2 aliphatic rings. The van der Waals surface area contributed by atoms with Gasteiger partial charge in [0.2, 0.25) is 0 Å². The Labute approximate surface area is 105 Å². The predicted octanol–water partition coefficient (Wildman–Crippen LogP) is 1.98. The highest BCUT2D eigenvalue weighted by Crippen LogP contribution is 2.51. The minimum absolute atomic E-state index is 0.230. The number of hydrogen-bond acceptors (Lipinski definition) is 3. The van der Waals surface area contributed by atoms with Crippen molar-refractivity contribution < 1.29 is 8.42 Å². The lowest BCUT2D eigenvalue weighted by molar-refractivity contribution is 0.0917. The zero-order valence-corrected chi connectivity index (χ0v) is 12.2. The number of rotatable bonds is 4. The van der Waals surface area contributed by atoms with Gasteiger partial charge in [0.1, 0.15) is 0 Å². The van der Waals surface area contributed by atoms with Crippen LogP contribution in [-0.2, 0) is 9.84 Å². The predicted molar refractivity (Wildman–Crippen MR) is 70.8 cm³/mol. The first-order valence-electron chi connectivity index (χ1n) is 6.57. The Morgan fingerprint density at radius 1 is 1.24 bits per heavy atom. The third-order valence-corrected chi connectivity index (χ3v) is 6.59. The maximum absolute atomic E-state index is 12.0. The second-order valence-corrected chi connectivity index (χ2v) is 9.49. The zero-order chi connectivity index (χ0) is 12.9. The molecule has 0 radical (unpaired) electrons. The monoisotopic (exact) mass is 259 g/mol. The quantitative estimate of drug-likeness (QED) is 0.839. The van der Waals surface area contributed by atoms with E-state index in [0.29, 0.717) is 18.5 Å². The Bertz CT molecular complexity index is 384. The van der Waals surface area contributed by atoms with Gasteiger partial charge in [-0.2, -0.15) is 0 Å². The largest absolute Gasteiger partial charge is 0.312 e. The van der Waals surface area contributed by atoms with Crippen molar-refractivity contribution >= 4 is 9.84 Å². The highest BCUT2D eigenvalue weighted by Gasteiger charge is 2.54. The third-order valence-electron chi connectivity index (χ3n) is 4.54. The molecule has 0 atom stereocenters. The standard InChI is InChI=1S/C13H25NO2S/c1-12(2,3)10-7-13(8-10,17(4,15)16)9-14-11-5-6-11/h10-11,14H,5-9H2,1-4H3. The van der Waals surface area contributed by atoms with Crippen LogP contribution in [0.25, 0.3) is 0 Å². The summed E-state index contributed by atoms with van der Waals surface area (Å²) in [7, 11) is -2.95. The molecule has 0 spiro atoms. The van der Waals surface area contributed by atoms with Crippen LogP contribution in [-0.4, -0.2) is 32.0 Å². The molecule has 0 aromatic carbocycles. The molecule has 0 heterocycles. The molecule has 0 amide bonds. The highest BCUT2D eigenvalue weighted by atomic mass is 32.2. The van der Waals surface area contributed by atoms with Gasteiger partial charge in [-0.05, 0) is 37.0 Å². The van der Waals surface area contributed by atoms with Crippen LogP contribution in [0, 0.1) is 11.3 Å². The molecule has 100 valence electrons. The van der Waals surface area contributed by atoms with E-state index in [0.717, 1.165) is 12.8 Å². The molecule has 3 nitrogen and oxygen atoms in total. The van der Waals surface area contributed by atoms with Crippen LogP contribution < -0.4 is 5.32 Å². The van der Waals surface area contributed by atoms with Gasteiger partial charge in [0.25, 0.3) is 0 Å². The Morgan fingerprint density at radius 3 is 2.12 bits per heavy atom. The molecule has 17 heavy (non-hydrogen) atoms. The smallest absolute Gasteiger partial charge is 0.154 e. The molecule has 2 saturated carbocycles. The normalized spacial score (nSPS) is 34.5. The van der Waals surface area contributed by atoms with E-state index in [9.17, 15) is 8.42 Å². The Kier molecular flexibility index (Phi) is 3.10. The van der Waals surface area contributed by atoms with Crippen LogP contribution in [0.4, 0.5) is 0 Å². The molecule has 0 aromatic rings. The molecule has 2 aliphatic carbocycles. The second-order valence-electron chi connectivity index (χ2n) is 7.08. The van der Waals surface area contributed by atoms with Gasteiger partial charge in [0, 0.05) is 18.8 Å². The van der Waals surface area contributed by atoms with Gasteiger partial charge in [0.15, 0.2) is 9.84 Å². The Hall–Kier alpha value is -0.0900. The second kappa shape index (κ2) is 3.95. The highest BCUT2D eigenvalue weighted by molar-refractivity contribution is 7.92. The summed E-state index contributed by atoms with van der Waals surface area (Å²) < 4.78 is 23.5. The maximum Gasteiger partial charge on any atom is 0.154 e. The molecule has 0 unspecified atom stereocenters. The van der Waals surface area contributed by atoms with Crippen LogP contribution in [0.15, 0.2) is 0 Å². The summed E-state index contributed by atoms with van der Waals surface area (Å²) in [5.41, 5.74) is 0.230. The number of hydrogen-bond donors (Lipinski definition) is 1. The lowest BCUT2D eigenvalue weighted by Gasteiger charge is -2.51. The fraction of sp³-hybridized carbons (Fsp3) is 1.00. The zero-order valence-electron chi connectivity index (χ0n) is 11.4. The molecule has 2 fully saturated rings. The summed E-state index contributed by atoms with van der Waals surface area (Å²) in [6, 6.07) is 0.585. The van der Waals surface area contributed by atoms with E-state index >= 15 is 0 Å². The summed E-state index contributed by atoms with van der Waals surface area (Å²) >= 11 is 0. The van der Waals surface area contributed by atoms with Crippen LogP contribution in [0.1, 0.15) is 46.5 Å². The van der Waals surface area contributed by atoms with Crippen LogP contribution in [0.5, 0.6) is 0 Å². The molecule has 2 rings (SSSR count). The first-order valence-corrected chi connectivity index (χ1v) is 8.46. The number of sulfone groups is 1. The fourth-order valence-electron chi connectivity index (χ4n) is 2.65. The van der Waals surface area contributed by atoms with E-state index in [1.807, 2.05) is 0 Å². The van der Waals surface area contributed by atoms with Crippen molar-refractivity contribution in [3.8, 4) is 0 Å². The summed E-state index contributed by atoms with van der Waals surface area (Å²) in [6.07, 6.45) is 5.48. The minimum atomic E-state index is -2.95. The van der Waals surface area contributed by atoms with Gasteiger partial charge in [0.05, 0.1) is 4.75 Å². The van der Waals surface area contributed by atoms with Crippen LogP contribution in [0.3, 0.4) is 0 Å². The summed E-state index contributed by atoms with van der Waals surface area (Å²) in [5.74, 6) is 0.540. The fourth-order valence-corrected chi connectivity index (χ4v) is 4.00. The van der Waals surface area contributed by atoms with E-state index in [-0.39, 0.29) is 5.41 Å². The van der Waals surface area contributed by atoms with Crippen molar-refractivity contribution in [2.75, 3.05) is 12.8 Å². The third kappa shape index (κ3) is 2.68. The van der Waals surface area contributed by atoms with E-state index in [4.69, 9.17) is 0 Å². The maximum atomic E-state index is 12.0. The van der Waals surface area contributed by atoms with Crippen molar-refractivity contribution in [1.82, 2.24) is 5.32 Å². The first-order chi connectivity index (χ1) is 7.64. The molecule has 1 N–H and O–H groups in total. The van der Waals surface area contributed by atoms with E-state index in [2.05, 4.69) is 26.1 Å². The lowest BCUT2D eigenvalue weighted by atomic mass is 9.62. The van der Waals surface area contributed by atoms with Crippen molar-refractivity contribution in [2.45, 2.75) is 57.2 Å².